The molecular weight excluding hydrogens is 184 g/mol. The zero-order chi connectivity index (χ0) is 11.2. The van der Waals surface area contributed by atoms with Crippen LogP contribution in [0.5, 0.6) is 0 Å². The second-order valence-corrected chi connectivity index (χ2v) is 6.55. The van der Waals surface area contributed by atoms with Crippen molar-refractivity contribution in [1.29, 1.82) is 0 Å². The third kappa shape index (κ3) is 2.07. The van der Waals surface area contributed by atoms with Gasteiger partial charge in [0.15, 0.2) is 0 Å². The summed E-state index contributed by atoms with van der Waals surface area (Å²) >= 11 is 0. The molecule has 0 aliphatic carbocycles. The van der Waals surface area contributed by atoms with E-state index in [0.717, 1.165) is 18.1 Å². The van der Waals surface area contributed by atoms with Crippen LogP contribution in [0.25, 0.3) is 0 Å². The van der Waals surface area contributed by atoms with E-state index in [2.05, 4.69) is 44.7 Å². The number of fused-ring (bicyclic) bond motifs is 2. The average Bonchev–Trinajstić information content (AvgIpc) is 2.37. The van der Waals surface area contributed by atoms with Crippen molar-refractivity contribution in [3.63, 3.8) is 0 Å². The van der Waals surface area contributed by atoms with E-state index in [4.69, 9.17) is 0 Å². The maximum atomic E-state index is 2.78. The highest BCUT2D eigenvalue weighted by atomic mass is 15.3. The molecule has 0 amide bonds. The monoisotopic (exact) mass is 210 g/mol. The summed E-state index contributed by atoms with van der Waals surface area (Å²) in [5, 5.41) is 0. The van der Waals surface area contributed by atoms with Gasteiger partial charge in [0, 0.05) is 23.7 Å². The van der Waals surface area contributed by atoms with Gasteiger partial charge in [-0.1, -0.05) is 0 Å². The molecule has 2 atom stereocenters. The van der Waals surface area contributed by atoms with Crippen LogP contribution in [-0.2, 0) is 0 Å². The Kier molecular flexibility index (Phi) is 2.85. The Morgan fingerprint density at radius 2 is 1.47 bits per heavy atom. The van der Waals surface area contributed by atoms with E-state index in [-0.39, 0.29) is 0 Å². The molecule has 2 heterocycles. The second-order valence-electron chi connectivity index (χ2n) is 6.55. The summed E-state index contributed by atoms with van der Waals surface area (Å²) in [7, 11) is 4.47. The molecule has 2 saturated heterocycles. The van der Waals surface area contributed by atoms with Crippen molar-refractivity contribution in [1.82, 2.24) is 9.80 Å². The smallest absolute Gasteiger partial charge is 0.0130 e. The standard InChI is InChI=1S/C13H26N2/c1-13(2,3)15-10-6-7-11(15)9-12(8-10)14(4)5/h10-12H,6-9H2,1-5H3/t10-,11-/m0/s1. The first-order valence-electron chi connectivity index (χ1n) is 6.34. The fraction of sp³-hybridized carbons (Fsp3) is 1.00. The van der Waals surface area contributed by atoms with Crippen LogP contribution < -0.4 is 0 Å². The van der Waals surface area contributed by atoms with Crippen molar-refractivity contribution in [3.05, 3.63) is 0 Å². The van der Waals surface area contributed by atoms with Crippen LogP contribution in [0.1, 0.15) is 46.5 Å². The van der Waals surface area contributed by atoms with E-state index in [1.54, 1.807) is 0 Å². The fourth-order valence-electron chi connectivity index (χ4n) is 3.67. The first kappa shape index (κ1) is 11.4. The Labute approximate surface area is 94.6 Å². The van der Waals surface area contributed by atoms with Gasteiger partial charge in [-0.3, -0.25) is 4.90 Å². The van der Waals surface area contributed by atoms with Crippen molar-refractivity contribution in [2.75, 3.05) is 14.1 Å². The number of hydrogen-bond acceptors (Lipinski definition) is 2. The summed E-state index contributed by atoms with van der Waals surface area (Å²) in [5.41, 5.74) is 0.364. The quantitative estimate of drug-likeness (QED) is 0.655. The van der Waals surface area contributed by atoms with Gasteiger partial charge < -0.3 is 4.90 Å². The maximum Gasteiger partial charge on any atom is 0.0130 e. The molecule has 2 aliphatic rings. The molecule has 0 spiro atoms. The van der Waals surface area contributed by atoms with Gasteiger partial charge in [-0.15, -0.1) is 0 Å². The molecule has 0 aromatic carbocycles. The summed E-state index contributed by atoms with van der Waals surface area (Å²) < 4.78 is 0. The lowest BCUT2D eigenvalue weighted by molar-refractivity contribution is 0.0127. The lowest BCUT2D eigenvalue weighted by Gasteiger charge is -2.48. The van der Waals surface area contributed by atoms with Crippen LogP contribution in [0.4, 0.5) is 0 Å². The number of piperidine rings is 1. The van der Waals surface area contributed by atoms with Gasteiger partial charge in [-0.2, -0.15) is 0 Å². The van der Waals surface area contributed by atoms with E-state index in [0.29, 0.717) is 5.54 Å². The maximum absolute atomic E-state index is 2.78. The molecule has 88 valence electrons. The highest BCUT2D eigenvalue weighted by Crippen LogP contribution is 2.41. The van der Waals surface area contributed by atoms with Crippen LogP contribution in [-0.4, -0.2) is 47.6 Å². The van der Waals surface area contributed by atoms with Crippen LogP contribution in [0.15, 0.2) is 0 Å². The van der Waals surface area contributed by atoms with Crippen molar-refractivity contribution < 1.29 is 0 Å². The Bertz CT molecular complexity index is 215. The van der Waals surface area contributed by atoms with Crippen molar-refractivity contribution >= 4 is 0 Å². The molecule has 2 nitrogen and oxygen atoms in total. The fourth-order valence-corrected chi connectivity index (χ4v) is 3.67. The minimum Gasteiger partial charge on any atom is -0.306 e. The van der Waals surface area contributed by atoms with Gasteiger partial charge in [0.25, 0.3) is 0 Å². The van der Waals surface area contributed by atoms with E-state index in [9.17, 15) is 0 Å². The zero-order valence-electron chi connectivity index (χ0n) is 11.0. The van der Waals surface area contributed by atoms with E-state index < -0.39 is 0 Å². The topological polar surface area (TPSA) is 6.48 Å². The molecule has 0 N–H and O–H groups in total. The predicted octanol–water partition coefficient (Wildman–Crippen LogP) is 2.34. The Morgan fingerprint density at radius 3 is 1.80 bits per heavy atom. The minimum atomic E-state index is 0.364. The van der Waals surface area contributed by atoms with Crippen LogP contribution in [0.2, 0.25) is 0 Å². The summed E-state index contributed by atoms with van der Waals surface area (Å²) in [5.74, 6) is 0. The molecule has 2 rings (SSSR count). The third-order valence-corrected chi connectivity index (χ3v) is 4.21. The molecule has 15 heavy (non-hydrogen) atoms. The van der Waals surface area contributed by atoms with Gasteiger partial charge in [0.1, 0.15) is 0 Å². The molecule has 0 aromatic heterocycles. The van der Waals surface area contributed by atoms with Crippen LogP contribution >= 0.6 is 0 Å². The molecule has 0 radical (unpaired) electrons. The van der Waals surface area contributed by atoms with E-state index >= 15 is 0 Å². The Morgan fingerprint density at radius 1 is 1.00 bits per heavy atom. The summed E-state index contributed by atoms with van der Waals surface area (Å²) in [6.07, 6.45) is 5.60. The number of nitrogens with zero attached hydrogens (tertiary/aromatic N) is 2. The van der Waals surface area contributed by atoms with Gasteiger partial charge in [-0.05, 0) is 60.5 Å². The lowest BCUT2D eigenvalue weighted by Crippen LogP contribution is -2.55. The predicted molar refractivity (Wildman–Crippen MR) is 65.1 cm³/mol. The summed E-state index contributed by atoms with van der Waals surface area (Å²) in [4.78, 5) is 5.21. The van der Waals surface area contributed by atoms with Gasteiger partial charge >= 0.3 is 0 Å². The van der Waals surface area contributed by atoms with Gasteiger partial charge in [0.2, 0.25) is 0 Å². The minimum absolute atomic E-state index is 0.364. The van der Waals surface area contributed by atoms with Crippen molar-refractivity contribution in [2.24, 2.45) is 0 Å². The molecule has 0 aromatic rings. The molecule has 0 saturated carbocycles. The Balaban J connectivity index is 2.10. The first-order chi connectivity index (χ1) is 6.89. The third-order valence-electron chi connectivity index (χ3n) is 4.21. The Hall–Kier alpha value is -0.0800. The van der Waals surface area contributed by atoms with E-state index in [1.807, 2.05) is 0 Å². The molecule has 0 unspecified atom stereocenters. The SMILES string of the molecule is CN(C)C1C[C@@H]2CC[C@@H](C1)N2C(C)(C)C. The van der Waals surface area contributed by atoms with Gasteiger partial charge in [0.05, 0.1) is 0 Å². The van der Waals surface area contributed by atoms with Crippen LogP contribution in [0, 0.1) is 0 Å². The van der Waals surface area contributed by atoms with Crippen LogP contribution in [0.3, 0.4) is 0 Å². The van der Waals surface area contributed by atoms with Crippen molar-refractivity contribution in [3.8, 4) is 0 Å². The highest BCUT2D eigenvalue weighted by molar-refractivity contribution is 5.01. The summed E-state index contributed by atoms with van der Waals surface area (Å²) in [6.45, 7) is 7.11. The molecule has 2 heteroatoms. The lowest BCUT2D eigenvalue weighted by atomic mass is 9.91. The van der Waals surface area contributed by atoms with Crippen molar-refractivity contribution in [2.45, 2.75) is 70.1 Å². The van der Waals surface area contributed by atoms with E-state index in [1.165, 1.54) is 25.7 Å². The largest absolute Gasteiger partial charge is 0.306 e. The normalized spacial score (nSPS) is 37.6. The molecule has 2 bridgehead atoms. The second kappa shape index (κ2) is 3.74. The molecular formula is C13H26N2. The zero-order valence-corrected chi connectivity index (χ0v) is 11.0. The number of rotatable bonds is 1. The molecule has 2 fully saturated rings. The average molecular weight is 210 g/mol. The molecule has 2 aliphatic heterocycles. The van der Waals surface area contributed by atoms with Gasteiger partial charge in [-0.25, -0.2) is 0 Å². The first-order valence-corrected chi connectivity index (χ1v) is 6.34. The number of hydrogen-bond donors (Lipinski definition) is 0. The summed E-state index contributed by atoms with van der Waals surface area (Å²) in [6, 6.07) is 2.51. The highest BCUT2D eigenvalue weighted by Gasteiger charge is 2.45.